The minimum Gasteiger partial charge on any atom is -0.468 e. The van der Waals surface area contributed by atoms with Crippen LogP contribution in [-0.2, 0) is 14.3 Å². The molecule has 0 bridgehead atoms. The molecule has 24 heavy (non-hydrogen) atoms. The first-order chi connectivity index (χ1) is 11.2. The van der Waals surface area contributed by atoms with Gasteiger partial charge in [-0.1, -0.05) is 6.08 Å². The number of carbonyl (C=O) groups is 2. The first-order valence-corrected chi connectivity index (χ1v) is 8.63. The van der Waals surface area contributed by atoms with E-state index in [2.05, 4.69) is 11.9 Å². The maximum atomic E-state index is 12.6. The Labute approximate surface area is 145 Å². The molecule has 0 aromatic carbocycles. The summed E-state index contributed by atoms with van der Waals surface area (Å²) < 4.78 is 10.3. The van der Waals surface area contributed by atoms with Gasteiger partial charge in [0.25, 0.3) is 0 Å². The average molecular weight is 340 g/mol. The molecule has 0 saturated carbocycles. The van der Waals surface area contributed by atoms with Gasteiger partial charge in [-0.2, -0.15) is 0 Å². The molecule has 1 saturated heterocycles. The van der Waals surface area contributed by atoms with Crippen LogP contribution in [0, 0.1) is 0 Å². The molecule has 1 rings (SSSR count). The molecule has 3 atom stereocenters. The number of allylic oxidation sites excluding steroid dienone is 1. The number of hydrogen-bond donors (Lipinski definition) is 1. The van der Waals surface area contributed by atoms with Crippen molar-refractivity contribution in [3.63, 3.8) is 0 Å². The number of ether oxygens (including phenoxy) is 2. The van der Waals surface area contributed by atoms with Gasteiger partial charge in [0, 0.05) is 18.6 Å². The lowest BCUT2D eigenvalue weighted by Gasteiger charge is -2.33. The Bertz CT molecular complexity index is 445. The summed E-state index contributed by atoms with van der Waals surface area (Å²) in [7, 11) is 1.37. The van der Waals surface area contributed by atoms with Crippen LogP contribution >= 0.6 is 0 Å². The highest BCUT2D eigenvalue weighted by Gasteiger charge is 2.38. The molecule has 6 heteroatoms. The van der Waals surface area contributed by atoms with E-state index in [-0.39, 0.29) is 24.1 Å². The van der Waals surface area contributed by atoms with Crippen LogP contribution in [0.2, 0.25) is 0 Å². The number of methoxy groups -OCH3 is 1. The highest BCUT2D eigenvalue weighted by molar-refractivity contribution is 5.75. The third-order valence-corrected chi connectivity index (χ3v) is 4.14. The smallest absolute Gasteiger partial charge is 0.410 e. The summed E-state index contributed by atoms with van der Waals surface area (Å²) in [6, 6.07) is -0.234. The standard InChI is InChI=1S/C18H32N2O4/c1-7-8-9-14-10-11-15(12-19-13(2)16(21)23-6)20(14)17(22)24-18(3,4)5/h7,13-15,19H,1,8-12H2,2-6H3/t13-,14-,15-/m0/s1. The summed E-state index contributed by atoms with van der Waals surface area (Å²) in [5.74, 6) is -0.306. The van der Waals surface area contributed by atoms with Gasteiger partial charge in [0.1, 0.15) is 11.6 Å². The van der Waals surface area contributed by atoms with Crippen LogP contribution in [0.5, 0.6) is 0 Å². The minimum absolute atomic E-state index is 0.0155. The van der Waals surface area contributed by atoms with Gasteiger partial charge in [0.15, 0.2) is 0 Å². The molecule has 1 fully saturated rings. The second kappa shape index (κ2) is 9.06. The van der Waals surface area contributed by atoms with Crippen molar-refractivity contribution >= 4 is 12.1 Å². The largest absolute Gasteiger partial charge is 0.468 e. The normalized spacial score (nSPS) is 22.1. The van der Waals surface area contributed by atoms with E-state index in [0.717, 1.165) is 25.7 Å². The zero-order valence-corrected chi connectivity index (χ0v) is 15.6. The fraction of sp³-hybridized carbons (Fsp3) is 0.778. The number of nitrogens with zero attached hydrogens (tertiary/aromatic N) is 1. The molecule has 1 amide bonds. The fourth-order valence-corrected chi connectivity index (χ4v) is 2.94. The maximum absolute atomic E-state index is 12.6. The zero-order valence-electron chi connectivity index (χ0n) is 15.6. The molecule has 0 unspecified atom stereocenters. The minimum atomic E-state index is -0.528. The lowest BCUT2D eigenvalue weighted by Crippen LogP contribution is -2.49. The predicted molar refractivity (Wildman–Crippen MR) is 93.8 cm³/mol. The van der Waals surface area contributed by atoms with Crippen LogP contribution in [0.25, 0.3) is 0 Å². The molecule has 0 spiro atoms. The van der Waals surface area contributed by atoms with Gasteiger partial charge >= 0.3 is 12.1 Å². The van der Waals surface area contributed by atoms with Gasteiger partial charge in [0.05, 0.1) is 7.11 Å². The van der Waals surface area contributed by atoms with Crippen molar-refractivity contribution in [1.82, 2.24) is 10.2 Å². The number of rotatable bonds is 7. The Morgan fingerprint density at radius 3 is 2.50 bits per heavy atom. The molecule has 1 aliphatic heterocycles. The van der Waals surface area contributed by atoms with Crippen molar-refractivity contribution in [3.8, 4) is 0 Å². The quantitative estimate of drug-likeness (QED) is 0.570. The van der Waals surface area contributed by atoms with Crippen LogP contribution in [0.4, 0.5) is 4.79 Å². The second-order valence-corrected chi connectivity index (χ2v) is 7.29. The van der Waals surface area contributed by atoms with Gasteiger partial charge in [-0.3, -0.25) is 4.79 Å². The van der Waals surface area contributed by atoms with E-state index in [9.17, 15) is 9.59 Å². The highest BCUT2D eigenvalue weighted by Crippen LogP contribution is 2.29. The number of nitrogens with one attached hydrogen (secondary N) is 1. The molecule has 0 aromatic heterocycles. The summed E-state index contributed by atoms with van der Waals surface area (Å²) in [6.07, 6.45) is 5.16. The highest BCUT2D eigenvalue weighted by atomic mass is 16.6. The molecule has 0 radical (unpaired) electrons. The molecule has 0 aromatic rings. The number of amides is 1. The predicted octanol–water partition coefficient (Wildman–Crippen LogP) is 2.87. The van der Waals surface area contributed by atoms with E-state index in [1.54, 1.807) is 6.92 Å². The van der Waals surface area contributed by atoms with Crippen molar-refractivity contribution in [2.75, 3.05) is 13.7 Å². The van der Waals surface area contributed by atoms with Crippen LogP contribution in [0.1, 0.15) is 53.4 Å². The summed E-state index contributed by atoms with van der Waals surface area (Å²) in [4.78, 5) is 26.0. The van der Waals surface area contributed by atoms with Gasteiger partial charge in [-0.25, -0.2) is 4.79 Å². The van der Waals surface area contributed by atoms with Gasteiger partial charge in [-0.15, -0.1) is 6.58 Å². The molecular formula is C18H32N2O4. The van der Waals surface area contributed by atoms with E-state index in [4.69, 9.17) is 9.47 Å². The first kappa shape index (κ1) is 20.5. The van der Waals surface area contributed by atoms with Crippen molar-refractivity contribution in [2.24, 2.45) is 0 Å². The number of carbonyl (C=O) groups excluding carboxylic acids is 2. The van der Waals surface area contributed by atoms with Crippen LogP contribution in [-0.4, -0.2) is 54.3 Å². The van der Waals surface area contributed by atoms with Gasteiger partial charge in [0.2, 0.25) is 0 Å². The van der Waals surface area contributed by atoms with Crippen LogP contribution < -0.4 is 5.32 Å². The van der Waals surface area contributed by atoms with Crippen LogP contribution in [0.15, 0.2) is 12.7 Å². The SMILES string of the molecule is C=CCC[C@H]1CC[C@@H](CN[C@@H](C)C(=O)OC)N1C(=O)OC(C)(C)C. The average Bonchev–Trinajstić information content (AvgIpc) is 2.90. The third-order valence-electron chi connectivity index (χ3n) is 4.14. The topological polar surface area (TPSA) is 67.9 Å². The van der Waals surface area contributed by atoms with E-state index >= 15 is 0 Å². The van der Waals surface area contributed by atoms with Gasteiger partial charge < -0.3 is 19.7 Å². The number of likely N-dealkylation sites (tertiary alicyclic amines) is 1. The lowest BCUT2D eigenvalue weighted by atomic mass is 10.1. The molecular weight excluding hydrogens is 308 g/mol. The Morgan fingerprint density at radius 2 is 1.96 bits per heavy atom. The lowest BCUT2D eigenvalue weighted by molar-refractivity contribution is -0.142. The van der Waals surface area contributed by atoms with Gasteiger partial charge in [-0.05, 0) is 53.4 Å². The Balaban J connectivity index is 2.75. The maximum Gasteiger partial charge on any atom is 0.410 e. The van der Waals surface area contributed by atoms with E-state index in [0.29, 0.717) is 6.54 Å². The summed E-state index contributed by atoms with van der Waals surface area (Å²) in [5.41, 5.74) is -0.528. The Hall–Kier alpha value is -1.56. The van der Waals surface area contributed by atoms with Crippen molar-refractivity contribution in [3.05, 3.63) is 12.7 Å². The first-order valence-electron chi connectivity index (χ1n) is 8.63. The van der Waals surface area contributed by atoms with E-state index in [1.807, 2.05) is 31.7 Å². The molecule has 1 heterocycles. The second-order valence-electron chi connectivity index (χ2n) is 7.29. The Kier molecular flexibility index (Phi) is 7.73. The Morgan fingerprint density at radius 1 is 1.33 bits per heavy atom. The van der Waals surface area contributed by atoms with E-state index < -0.39 is 11.6 Å². The monoisotopic (exact) mass is 340 g/mol. The van der Waals surface area contributed by atoms with Crippen molar-refractivity contribution < 1.29 is 19.1 Å². The molecule has 1 aliphatic rings. The molecule has 138 valence electrons. The zero-order chi connectivity index (χ0) is 18.3. The van der Waals surface area contributed by atoms with E-state index in [1.165, 1.54) is 7.11 Å². The van der Waals surface area contributed by atoms with Crippen LogP contribution in [0.3, 0.4) is 0 Å². The molecule has 6 nitrogen and oxygen atoms in total. The van der Waals surface area contributed by atoms with Crippen molar-refractivity contribution in [1.29, 1.82) is 0 Å². The molecule has 0 aliphatic carbocycles. The summed E-state index contributed by atoms with van der Waals surface area (Å²) in [6.45, 7) is 11.7. The molecule has 1 N–H and O–H groups in total. The summed E-state index contributed by atoms with van der Waals surface area (Å²) in [5, 5.41) is 3.16. The number of esters is 1. The third kappa shape index (κ3) is 6.15. The van der Waals surface area contributed by atoms with Crippen molar-refractivity contribution in [2.45, 2.75) is 77.1 Å². The fourth-order valence-electron chi connectivity index (χ4n) is 2.94. The number of hydrogen-bond acceptors (Lipinski definition) is 5. The summed E-state index contributed by atoms with van der Waals surface area (Å²) >= 11 is 0.